The highest BCUT2D eigenvalue weighted by molar-refractivity contribution is 5.45. The van der Waals surface area contributed by atoms with Gasteiger partial charge in [0.15, 0.2) is 0 Å². The van der Waals surface area contributed by atoms with Crippen LogP contribution in [0, 0.1) is 0 Å². The van der Waals surface area contributed by atoms with Crippen LogP contribution >= 0.6 is 0 Å². The Kier molecular flexibility index (Phi) is 5.20. The van der Waals surface area contributed by atoms with E-state index in [9.17, 15) is 0 Å². The summed E-state index contributed by atoms with van der Waals surface area (Å²) in [4.78, 5) is 7.02. The first-order valence-corrected chi connectivity index (χ1v) is 7.64. The fourth-order valence-corrected chi connectivity index (χ4v) is 2.83. The minimum absolute atomic E-state index is 0.339. The van der Waals surface area contributed by atoms with Crippen LogP contribution in [0.3, 0.4) is 0 Å². The second kappa shape index (κ2) is 6.90. The number of aromatic nitrogens is 1. The van der Waals surface area contributed by atoms with Crippen molar-refractivity contribution in [1.29, 1.82) is 0 Å². The lowest BCUT2D eigenvalue weighted by Crippen LogP contribution is -2.29. The first-order valence-electron chi connectivity index (χ1n) is 7.64. The number of hydrogen-bond acceptors (Lipinski definition) is 3. The molecule has 1 unspecified atom stereocenters. The molecule has 3 heteroatoms. The van der Waals surface area contributed by atoms with Gasteiger partial charge in [-0.05, 0) is 44.9 Å². The van der Waals surface area contributed by atoms with Crippen molar-refractivity contribution in [3.05, 3.63) is 24.0 Å². The molecule has 0 saturated heterocycles. The van der Waals surface area contributed by atoms with Gasteiger partial charge in [-0.15, -0.1) is 0 Å². The summed E-state index contributed by atoms with van der Waals surface area (Å²) in [7, 11) is 2.20. The number of hydrogen-bond donors (Lipinski definition) is 1. The number of nitrogens with one attached hydrogen (secondary N) is 1. The molecule has 0 radical (unpaired) electrons. The van der Waals surface area contributed by atoms with E-state index >= 15 is 0 Å². The Balaban J connectivity index is 1.97. The molecule has 1 atom stereocenters. The zero-order valence-corrected chi connectivity index (χ0v) is 12.5. The molecule has 0 aliphatic heterocycles. The van der Waals surface area contributed by atoms with Gasteiger partial charge in [-0.1, -0.05) is 19.8 Å². The largest absolute Gasteiger partial charge is 0.370 e. The third kappa shape index (κ3) is 3.69. The van der Waals surface area contributed by atoms with Crippen LogP contribution in [-0.2, 0) is 0 Å². The maximum Gasteiger partial charge on any atom is 0.0572 e. The monoisotopic (exact) mass is 261 g/mol. The Labute approximate surface area is 117 Å². The Morgan fingerprint density at radius 2 is 2.11 bits per heavy atom. The highest BCUT2D eigenvalue weighted by atomic mass is 15.1. The second-order valence-corrected chi connectivity index (χ2v) is 5.67. The average Bonchev–Trinajstić information content (AvgIpc) is 2.98. The molecule has 1 N–H and O–H groups in total. The van der Waals surface area contributed by atoms with Crippen LogP contribution in [0.2, 0.25) is 0 Å². The van der Waals surface area contributed by atoms with Crippen LogP contribution in [0.15, 0.2) is 18.3 Å². The van der Waals surface area contributed by atoms with Crippen molar-refractivity contribution in [2.75, 3.05) is 18.5 Å². The van der Waals surface area contributed by atoms with Gasteiger partial charge in [0.1, 0.15) is 0 Å². The van der Waals surface area contributed by atoms with E-state index < -0.39 is 0 Å². The van der Waals surface area contributed by atoms with Gasteiger partial charge < -0.3 is 10.2 Å². The minimum Gasteiger partial charge on any atom is -0.370 e. The molecule has 3 nitrogen and oxygen atoms in total. The molecule has 2 rings (SSSR count). The van der Waals surface area contributed by atoms with E-state index in [4.69, 9.17) is 0 Å². The molecule has 1 saturated carbocycles. The quantitative estimate of drug-likeness (QED) is 0.849. The van der Waals surface area contributed by atoms with Crippen molar-refractivity contribution < 1.29 is 0 Å². The third-order valence-electron chi connectivity index (χ3n) is 4.19. The van der Waals surface area contributed by atoms with Crippen LogP contribution in [0.25, 0.3) is 0 Å². The summed E-state index contributed by atoms with van der Waals surface area (Å²) in [6.45, 7) is 5.41. The maximum atomic E-state index is 4.62. The summed E-state index contributed by atoms with van der Waals surface area (Å²) >= 11 is 0. The predicted octanol–water partition coefficient (Wildman–Crippen LogP) is 3.52. The first kappa shape index (κ1) is 14.3. The standard InChI is InChI=1S/C16H27N3/c1-4-11-17-13(2)16-10-9-15(12-18-16)19(3)14-7-5-6-8-14/h9-10,12-14,17H,4-8,11H2,1-3H3. The van der Waals surface area contributed by atoms with E-state index in [0.29, 0.717) is 12.1 Å². The molecule has 0 bridgehead atoms. The van der Waals surface area contributed by atoms with E-state index in [1.54, 1.807) is 0 Å². The number of pyridine rings is 1. The third-order valence-corrected chi connectivity index (χ3v) is 4.19. The lowest BCUT2D eigenvalue weighted by Gasteiger charge is -2.26. The highest BCUT2D eigenvalue weighted by Gasteiger charge is 2.20. The fraction of sp³-hybridized carbons (Fsp3) is 0.688. The molecule has 1 heterocycles. The number of rotatable bonds is 6. The summed E-state index contributed by atoms with van der Waals surface area (Å²) in [5.74, 6) is 0. The lowest BCUT2D eigenvalue weighted by molar-refractivity contribution is 0.558. The molecule has 1 aliphatic rings. The smallest absolute Gasteiger partial charge is 0.0572 e. The SMILES string of the molecule is CCCNC(C)c1ccc(N(C)C2CCCC2)cn1. The van der Waals surface area contributed by atoms with Gasteiger partial charge in [0.05, 0.1) is 17.6 Å². The highest BCUT2D eigenvalue weighted by Crippen LogP contribution is 2.26. The topological polar surface area (TPSA) is 28.2 Å². The van der Waals surface area contributed by atoms with Crippen molar-refractivity contribution in [2.45, 2.75) is 58.0 Å². The van der Waals surface area contributed by atoms with Gasteiger partial charge in [-0.3, -0.25) is 4.98 Å². The van der Waals surface area contributed by atoms with Gasteiger partial charge in [0.25, 0.3) is 0 Å². The number of nitrogens with zero attached hydrogens (tertiary/aromatic N) is 2. The van der Waals surface area contributed by atoms with Crippen LogP contribution < -0.4 is 10.2 Å². The minimum atomic E-state index is 0.339. The molecule has 1 aromatic heterocycles. The van der Waals surface area contributed by atoms with Crippen LogP contribution in [0.1, 0.15) is 57.7 Å². The Bertz CT molecular complexity index is 368. The predicted molar refractivity (Wildman–Crippen MR) is 81.6 cm³/mol. The van der Waals surface area contributed by atoms with E-state index in [1.165, 1.54) is 31.4 Å². The molecule has 1 aliphatic carbocycles. The maximum absolute atomic E-state index is 4.62. The fourth-order valence-electron chi connectivity index (χ4n) is 2.83. The Morgan fingerprint density at radius 1 is 1.37 bits per heavy atom. The van der Waals surface area contributed by atoms with Gasteiger partial charge in [0.2, 0.25) is 0 Å². The lowest BCUT2D eigenvalue weighted by atomic mass is 10.1. The Morgan fingerprint density at radius 3 is 2.68 bits per heavy atom. The molecule has 0 spiro atoms. The zero-order chi connectivity index (χ0) is 13.7. The van der Waals surface area contributed by atoms with Gasteiger partial charge >= 0.3 is 0 Å². The van der Waals surface area contributed by atoms with Gasteiger partial charge in [-0.25, -0.2) is 0 Å². The van der Waals surface area contributed by atoms with E-state index in [2.05, 4.69) is 48.2 Å². The van der Waals surface area contributed by atoms with Crippen molar-refractivity contribution in [3.63, 3.8) is 0 Å². The Hall–Kier alpha value is -1.09. The zero-order valence-electron chi connectivity index (χ0n) is 12.5. The summed E-state index contributed by atoms with van der Waals surface area (Å²) in [6, 6.07) is 5.42. The molecule has 0 amide bonds. The van der Waals surface area contributed by atoms with Crippen molar-refractivity contribution in [2.24, 2.45) is 0 Å². The van der Waals surface area contributed by atoms with Crippen molar-refractivity contribution >= 4 is 5.69 Å². The first-order chi connectivity index (χ1) is 9.22. The molecular weight excluding hydrogens is 234 g/mol. The average molecular weight is 261 g/mol. The van der Waals surface area contributed by atoms with Crippen LogP contribution in [0.5, 0.6) is 0 Å². The second-order valence-electron chi connectivity index (χ2n) is 5.67. The molecule has 19 heavy (non-hydrogen) atoms. The molecule has 1 aromatic rings. The number of anilines is 1. The molecule has 0 aromatic carbocycles. The normalized spacial score (nSPS) is 17.6. The van der Waals surface area contributed by atoms with E-state index in [-0.39, 0.29) is 0 Å². The van der Waals surface area contributed by atoms with E-state index in [0.717, 1.165) is 18.7 Å². The van der Waals surface area contributed by atoms with Gasteiger partial charge in [-0.2, -0.15) is 0 Å². The summed E-state index contributed by atoms with van der Waals surface area (Å²) < 4.78 is 0. The van der Waals surface area contributed by atoms with Crippen molar-refractivity contribution in [1.82, 2.24) is 10.3 Å². The van der Waals surface area contributed by atoms with E-state index in [1.807, 2.05) is 6.20 Å². The molecule has 106 valence electrons. The van der Waals surface area contributed by atoms with Crippen LogP contribution in [0.4, 0.5) is 5.69 Å². The van der Waals surface area contributed by atoms with Gasteiger partial charge in [0, 0.05) is 19.1 Å². The summed E-state index contributed by atoms with van der Waals surface area (Å²) in [6.07, 6.45) is 8.58. The summed E-state index contributed by atoms with van der Waals surface area (Å²) in [5, 5.41) is 3.48. The molecule has 1 fully saturated rings. The van der Waals surface area contributed by atoms with Crippen molar-refractivity contribution in [3.8, 4) is 0 Å². The summed E-state index contributed by atoms with van der Waals surface area (Å²) in [5.41, 5.74) is 2.38. The molecular formula is C16H27N3. The van der Waals surface area contributed by atoms with Crippen LogP contribution in [-0.4, -0.2) is 24.6 Å².